The third-order valence-corrected chi connectivity index (χ3v) is 7.91. The summed E-state index contributed by atoms with van der Waals surface area (Å²) in [6.45, 7) is 0. The van der Waals surface area contributed by atoms with Crippen LogP contribution >= 0.6 is 0 Å². The van der Waals surface area contributed by atoms with Gasteiger partial charge in [-0.3, -0.25) is 4.98 Å². The normalized spacial score (nSPS) is 12.9. The van der Waals surface area contributed by atoms with Gasteiger partial charge in [-0.25, -0.2) is 0 Å². The Labute approximate surface area is 214 Å². The van der Waals surface area contributed by atoms with Crippen molar-refractivity contribution in [3.8, 4) is 11.1 Å². The Morgan fingerprint density at radius 2 is 1.16 bits per heavy atom. The first kappa shape index (κ1) is 20.4. The zero-order chi connectivity index (χ0) is 24.3. The molecule has 0 saturated carbocycles. The second-order valence-corrected chi connectivity index (χ2v) is 9.95. The first-order chi connectivity index (χ1) is 18.3. The zero-order valence-electron chi connectivity index (χ0n) is 20.3. The number of fused-ring (bicyclic) bond motifs is 8. The number of rotatable bonds is 2. The molecule has 0 radical (unpaired) electrons. The lowest BCUT2D eigenvalue weighted by molar-refractivity contribution is 1.39. The molecule has 1 aromatic heterocycles. The largest absolute Gasteiger partial charge is 0.256 e. The van der Waals surface area contributed by atoms with Crippen LogP contribution in [0.3, 0.4) is 0 Å². The minimum Gasteiger partial charge on any atom is -0.256 e. The van der Waals surface area contributed by atoms with Gasteiger partial charge in [0.15, 0.2) is 0 Å². The van der Waals surface area contributed by atoms with Crippen LogP contribution in [0.5, 0.6) is 0 Å². The van der Waals surface area contributed by atoms with Crippen molar-refractivity contribution in [3.05, 3.63) is 137 Å². The summed E-state index contributed by atoms with van der Waals surface area (Å²) in [5, 5.41) is 11.7. The highest BCUT2D eigenvalue weighted by Crippen LogP contribution is 2.37. The molecule has 7 aromatic rings. The van der Waals surface area contributed by atoms with Crippen LogP contribution in [0.4, 0.5) is 0 Å². The number of hydrogen-bond donors (Lipinski definition) is 0. The highest BCUT2D eigenvalue weighted by molar-refractivity contribution is 6.25. The third-order valence-electron chi connectivity index (χ3n) is 7.91. The lowest BCUT2D eigenvalue weighted by atomic mass is 9.91. The van der Waals surface area contributed by atoms with Gasteiger partial charge < -0.3 is 0 Å². The van der Waals surface area contributed by atoms with E-state index in [-0.39, 0.29) is 0 Å². The van der Waals surface area contributed by atoms with E-state index in [9.17, 15) is 0 Å². The van der Waals surface area contributed by atoms with Gasteiger partial charge in [-0.15, -0.1) is 0 Å². The van der Waals surface area contributed by atoms with Crippen molar-refractivity contribution in [3.63, 3.8) is 0 Å². The van der Waals surface area contributed by atoms with Crippen LogP contribution in [0, 0.1) is 0 Å². The Bertz CT molecular complexity index is 2130. The van der Waals surface area contributed by atoms with Crippen molar-refractivity contribution >= 4 is 54.9 Å². The Balaban J connectivity index is 1.33. The van der Waals surface area contributed by atoms with E-state index < -0.39 is 0 Å². The van der Waals surface area contributed by atoms with E-state index in [1.165, 1.54) is 70.4 Å². The fourth-order valence-electron chi connectivity index (χ4n) is 6.14. The lowest BCUT2D eigenvalue weighted by Gasteiger charge is -2.13. The molecule has 1 aliphatic rings. The van der Waals surface area contributed by atoms with Crippen LogP contribution in [0.2, 0.25) is 0 Å². The van der Waals surface area contributed by atoms with Crippen molar-refractivity contribution in [1.29, 1.82) is 0 Å². The van der Waals surface area contributed by atoms with E-state index >= 15 is 0 Å². The Morgan fingerprint density at radius 3 is 1.95 bits per heavy atom. The molecular weight excluding hydrogens is 446 g/mol. The maximum atomic E-state index is 4.60. The van der Waals surface area contributed by atoms with Crippen LogP contribution in [0.15, 0.2) is 121 Å². The molecule has 1 nitrogen and oxygen atoms in total. The van der Waals surface area contributed by atoms with E-state index in [1.54, 1.807) is 0 Å². The van der Waals surface area contributed by atoms with Gasteiger partial charge in [-0.2, -0.15) is 0 Å². The smallest absolute Gasteiger partial charge is 0.0708 e. The molecule has 0 fully saturated rings. The van der Waals surface area contributed by atoms with Crippen molar-refractivity contribution in [2.75, 3.05) is 0 Å². The zero-order valence-corrected chi connectivity index (χ0v) is 20.3. The molecule has 6 aromatic carbocycles. The van der Waals surface area contributed by atoms with Gasteiger partial charge in [0, 0.05) is 11.6 Å². The standard InChI is InChI=1S/C36H23N/c1-2-12-31-29(10-1)30-11-3-4-13-32(30)35-21-24(14-17-33(31)35)23-7-5-8-25(19-23)28-16-15-26-20-27-9-6-18-37-36(27)22-34(26)28/h1-15,17-22H,16H2. The van der Waals surface area contributed by atoms with Gasteiger partial charge in [0.05, 0.1) is 5.52 Å². The third kappa shape index (κ3) is 3.14. The predicted octanol–water partition coefficient (Wildman–Crippen LogP) is 7.74. The summed E-state index contributed by atoms with van der Waals surface area (Å²) in [4.78, 5) is 4.60. The molecule has 37 heavy (non-hydrogen) atoms. The summed E-state index contributed by atoms with van der Waals surface area (Å²) in [6.07, 6.45) is 5.17. The van der Waals surface area contributed by atoms with Crippen LogP contribution in [0.25, 0.3) is 66.0 Å². The summed E-state index contributed by atoms with van der Waals surface area (Å²) in [7, 11) is 0. The van der Waals surface area contributed by atoms with Gasteiger partial charge in [-0.05, 0) is 102 Å². The number of hydrogen-bond acceptors (Lipinski definition) is 1. The van der Waals surface area contributed by atoms with Gasteiger partial charge in [-0.1, -0.05) is 91.0 Å². The summed E-state index contributed by atoms with van der Waals surface area (Å²) < 4.78 is 0. The molecule has 0 atom stereocenters. The molecule has 0 aliphatic heterocycles. The molecule has 8 rings (SSSR count). The topological polar surface area (TPSA) is 12.9 Å². The molecule has 1 heterocycles. The van der Waals surface area contributed by atoms with E-state index in [0.717, 1.165) is 11.9 Å². The molecule has 172 valence electrons. The molecule has 0 unspecified atom stereocenters. The maximum Gasteiger partial charge on any atom is 0.0708 e. The lowest BCUT2D eigenvalue weighted by Crippen LogP contribution is -2.23. The fraction of sp³-hybridized carbons (Fsp3) is 0.0278. The Hall–Kier alpha value is -4.75. The van der Waals surface area contributed by atoms with E-state index in [4.69, 9.17) is 0 Å². The number of nitrogens with zero attached hydrogens (tertiary/aromatic N) is 1. The number of benzene rings is 6. The molecule has 1 aliphatic carbocycles. The quantitative estimate of drug-likeness (QED) is 0.236. The predicted molar refractivity (Wildman–Crippen MR) is 157 cm³/mol. The first-order valence-electron chi connectivity index (χ1n) is 12.9. The van der Waals surface area contributed by atoms with E-state index in [0.29, 0.717) is 0 Å². The van der Waals surface area contributed by atoms with E-state index in [1.807, 2.05) is 12.3 Å². The van der Waals surface area contributed by atoms with Crippen LogP contribution in [-0.2, 0) is 0 Å². The van der Waals surface area contributed by atoms with E-state index in [2.05, 4.69) is 120 Å². The second-order valence-electron chi connectivity index (χ2n) is 9.95. The Morgan fingerprint density at radius 1 is 0.486 bits per heavy atom. The van der Waals surface area contributed by atoms with Crippen LogP contribution < -0.4 is 10.4 Å². The monoisotopic (exact) mass is 469 g/mol. The molecule has 0 bridgehead atoms. The minimum atomic E-state index is 0.948. The second kappa shape index (κ2) is 7.88. The van der Waals surface area contributed by atoms with Gasteiger partial charge in [0.2, 0.25) is 0 Å². The fourth-order valence-corrected chi connectivity index (χ4v) is 6.14. The summed E-state index contributed by atoms with van der Waals surface area (Å²) >= 11 is 0. The van der Waals surface area contributed by atoms with Crippen molar-refractivity contribution in [1.82, 2.24) is 4.98 Å². The van der Waals surface area contributed by atoms with Gasteiger partial charge in [0.1, 0.15) is 0 Å². The molecule has 0 spiro atoms. The van der Waals surface area contributed by atoms with Gasteiger partial charge in [0.25, 0.3) is 0 Å². The molecule has 0 N–H and O–H groups in total. The molecule has 0 saturated heterocycles. The maximum absolute atomic E-state index is 4.60. The average molecular weight is 470 g/mol. The van der Waals surface area contributed by atoms with Gasteiger partial charge >= 0.3 is 0 Å². The van der Waals surface area contributed by atoms with Crippen molar-refractivity contribution < 1.29 is 0 Å². The first-order valence-corrected chi connectivity index (χ1v) is 12.9. The number of aromatic nitrogens is 1. The minimum absolute atomic E-state index is 0.948. The summed E-state index contributed by atoms with van der Waals surface area (Å²) in [5.74, 6) is 0. The molecule has 1 heteroatoms. The molecule has 0 amide bonds. The van der Waals surface area contributed by atoms with Crippen LogP contribution in [-0.4, -0.2) is 4.98 Å². The summed E-state index contributed by atoms with van der Waals surface area (Å²) in [5.41, 5.74) is 6.21. The number of pyridine rings is 1. The van der Waals surface area contributed by atoms with Crippen molar-refractivity contribution in [2.45, 2.75) is 6.42 Å². The summed E-state index contributed by atoms with van der Waals surface area (Å²) in [6, 6.07) is 42.2. The molecular formula is C36H23N. The highest BCUT2D eigenvalue weighted by Gasteiger charge is 2.12. The Kier molecular flexibility index (Phi) is 4.35. The van der Waals surface area contributed by atoms with Crippen molar-refractivity contribution in [2.24, 2.45) is 0 Å². The average Bonchev–Trinajstić information content (AvgIpc) is 3.38. The SMILES string of the molecule is C1=c2cc3cccnc3cc2=C(c2cccc(-c3ccc4c5ccccc5c5ccccc5c4c3)c2)C1. The highest BCUT2D eigenvalue weighted by atomic mass is 14.6. The van der Waals surface area contributed by atoms with Crippen LogP contribution in [0.1, 0.15) is 12.0 Å².